The third kappa shape index (κ3) is 2.55. The fourth-order valence-corrected chi connectivity index (χ4v) is 1.57. The molecule has 0 atom stereocenters. The average Bonchev–Trinajstić information content (AvgIpc) is 2.79. The molecule has 0 fully saturated rings. The average molecular weight is 247 g/mol. The molecule has 0 aliphatic heterocycles. The first kappa shape index (κ1) is 12.3. The fourth-order valence-electron chi connectivity index (χ4n) is 1.57. The van der Waals surface area contributed by atoms with Gasteiger partial charge in [-0.2, -0.15) is 4.98 Å². The first-order valence-corrected chi connectivity index (χ1v) is 5.78. The van der Waals surface area contributed by atoms with Crippen molar-refractivity contribution >= 4 is 17.6 Å². The van der Waals surface area contributed by atoms with Crippen LogP contribution in [0.4, 0.5) is 17.6 Å². The van der Waals surface area contributed by atoms with Crippen LogP contribution in [0.15, 0.2) is 12.4 Å². The molecule has 2 rings (SSSR count). The summed E-state index contributed by atoms with van der Waals surface area (Å²) in [5, 5.41) is 11.0. The number of nitrogens with zero attached hydrogens (tertiary/aromatic N) is 6. The van der Waals surface area contributed by atoms with Gasteiger partial charge in [0.15, 0.2) is 5.82 Å². The van der Waals surface area contributed by atoms with E-state index in [0.29, 0.717) is 11.8 Å². The molecule has 0 unspecified atom stereocenters. The van der Waals surface area contributed by atoms with Crippen molar-refractivity contribution in [1.82, 2.24) is 25.0 Å². The smallest absolute Gasteiger partial charge is 0.230 e. The number of nitrogens with one attached hydrogen (secondary N) is 1. The van der Waals surface area contributed by atoms with Crippen molar-refractivity contribution in [3.63, 3.8) is 0 Å². The maximum Gasteiger partial charge on any atom is 0.230 e. The van der Waals surface area contributed by atoms with Gasteiger partial charge in [-0.25, -0.2) is 4.98 Å². The molecule has 0 aliphatic rings. The minimum absolute atomic E-state index is 0.521. The molecule has 2 aromatic heterocycles. The van der Waals surface area contributed by atoms with Crippen LogP contribution >= 0.6 is 0 Å². The highest BCUT2D eigenvalue weighted by molar-refractivity contribution is 5.52. The van der Waals surface area contributed by atoms with E-state index in [1.165, 1.54) is 0 Å². The van der Waals surface area contributed by atoms with Gasteiger partial charge in [0.25, 0.3) is 0 Å². The lowest BCUT2D eigenvalue weighted by Gasteiger charge is -2.14. The Bertz CT molecular complexity index is 532. The van der Waals surface area contributed by atoms with E-state index in [9.17, 15) is 0 Å². The Hall–Kier alpha value is -2.18. The Balaban J connectivity index is 2.21. The van der Waals surface area contributed by atoms with E-state index in [0.717, 1.165) is 17.9 Å². The molecular weight excluding hydrogens is 230 g/mol. The third-order valence-electron chi connectivity index (χ3n) is 2.47. The van der Waals surface area contributed by atoms with Crippen LogP contribution in [0.1, 0.15) is 12.5 Å². The molecular formula is C11H17N7. The summed E-state index contributed by atoms with van der Waals surface area (Å²) in [6.07, 6.45) is 3.60. The van der Waals surface area contributed by atoms with Crippen LogP contribution in [0.2, 0.25) is 0 Å². The van der Waals surface area contributed by atoms with Crippen LogP contribution in [-0.2, 0) is 6.54 Å². The van der Waals surface area contributed by atoms with Crippen LogP contribution in [0.5, 0.6) is 0 Å². The highest BCUT2D eigenvalue weighted by Crippen LogP contribution is 2.17. The predicted molar refractivity (Wildman–Crippen MR) is 70.1 cm³/mol. The van der Waals surface area contributed by atoms with Gasteiger partial charge in [-0.1, -0.05) is 5.21 Å². The second kappa shape index (κ2) is 4.99. The first-order valence-electron chi connectivity index (χ1n) is 5.78. The monoisotopic (exact) mass is 247 g/mol. The molecule has 7 heteroatoms. The van der Waals surface area contributed by atoms with E-state index in [1.807, 2.05) is 39.0 Å². The van der Waals surface area contributed by atoms with E-state index in [-0.39, 0.29) is 0 Å². The molecule has 0 amide bonds. The Morgan fingerprint density at radius 1 is 1.39 bits per heavy atom. The van der Waals surface area contributed by atoms with Gasteiger partial charge < -0.3 is 10.2 Å². The van der Waals surface area contributed by atoms with Gasteiger partial charge in [-0.15, -0.1) is 5.10 Å². The first-order chi connectivity index (χ1) is 8.60. The summed E-state index contributed by atoms with van der Waals surface area (Å²) in [4.78, 5) is 10.6. The summed E-state index contributed by atoms with van der Waals surface area (Å²) in [5.74, 6) is 2.05. The quantitative estimate of drug-likeness (QED) is 0.875. The molecule has 1 N–H and O–H groups in total. The minimum atomic E-state index is 0.521. The highest BCUT2D eigenvalue weighted by atomic mass is 15.4. The van der Waals surface area contributed by atoms with Crippen molar-refractivity contribution in [2.75, 3.05) is 24.3 Å². The Labute approximate surface area is 106 Å². The summed E-state index contributed by atoms with van der Waals surface area (Å²) >= 11 is 0. The van der Waals surface area contributed by atoms with Crippen LogP contribution in [0.25, 0.3) is 0 Å². The summed E-state index contributed by atoms with van der Waals surface area (Å²) < 4.78 is 1.74. The Kier molecular flexibility index (Phi) is 3.40. The molecule has 2 heterocycles. The molecule has 0 aliphatic carbocycles. The molecule has 2 aromatic rings. The van der Waals surface area contributed by atoms with Crippen LogP contribution in [0.3, 0.4) is 0 Å². The summed E-state index contributed by atoms with van der Waals surface area (Å²) in [5.41, 5.74) is 1.03. The zero-order valence-corrected chi connectivity index (χ0v) is 11.0. The largest absolute Gasteiger partial charge is 0.362 e. The summed E-state index contributed by atoms with van der Waals surface area (Å²) in [6, 6.07) is 0. The molecule has 7 nitrogen and oxygen atoms in total. The maximum atomic E-state index is 4.43. The molecule has 96 valence electrons. The van der Waals surface area contributed by atoms with Crippen molar-refractivity contribution in [1.29, 1.82) is 0 Å². The lowest BCUT2D eigenvalue weighted by atomic mass is 10.3. The molecule has 0 radical (unpaired) electrons. The standard InChI is InChI=1S/C11H17N7/c1-5-18-7-9(15-16-18)13-11-12-6-8(2)10(14-11)17(3)4/h6-7H,5H2,1-4H3,(H,12,13,14). The number of aromatic nitrogens is 5. The molecule has 0 saturated carbocycles. The van der Waals surface area contributed by atoms with E-state index in [1.54, 1.807) is 10.9 Å². The molecule has 18 heavy (non-hydrogen) atoms. The van der Waals surface area contributed by atoms with Gasteiger partial charge in [0, 0.05) is 32.4 Å². The topological polar surface area (TPSA) is 71.8 Å². The summed E-state index contributed by atoms with van der Waals surface area (Å²) in [7, 11) is 3.90. The van der Waals surface area contributed by atoms with Gasteiger partial charge in [0.05, 0.1) is 6.20 Å². The number of hydrogen-bond donors (Lipinski definition) is 1. The third-order valence-corrected chi connectivity index (χ3v) is 2.47. The maximum absolute atomic E-state index is 4.43. The zero-order valence-electron chi connectivity index (χ0n) is 11.0. The lowest BCUT2D eigenvalue weighted by molar-refractivity contribution is 0.627. The Morgan fingerprint density at radius 2 is 2.17 bits per heavy atom. The highest BCUT2D eigenvalue weighted by Gasteiger charge is 2.07. The second-order valence-corrected chi connectivity index (χ2v) is 4.18. The number of rotatable bonds is 4. The van der Waals surface area contributed by atoms with Crippen molar-refractivity contribution in [3.8, 4) is 0 Å². The normalized spacial score (nSPS) is 10.4. The predicted octanol–water partition coefficient (Wildman–Crippen LogP) is 1.21. The van der Waals surface area contributed by atoms with Crippen molar-refractivity contribution in [3.05, 3.63) is 18.0 Å². The van der Waals surface area contributed by atoms with Crippen LogP contribution in [0, 0.1) is 6.92 Å². The van der Waals surface area contributed by atoms with Gasteiger partial charge in [-0.3, -0.25) is 4.68 Å². The van der Waals surface area contributed by atoms with Crippen LogP contribution < -0.4 is 10.2 Å². The van der Waals surface area contributed by atoms with Crippen LogP contribution in [-0.4, -0.2) is 39.1 Å². The van der Waals surface area contributed by atoms with Crippen molar-refractivity contribution in [2.45, 2.75) is 20.4 Å². The van der Waals surface area contributed by atoms with Gasteiger partial charge in [0.2, 0.25) is 5.95 Å². The van der Waals surface area contributed by atoms with E-state index >= 15 is 0 Å². The fraction of sp³-hybridized carbons (Fsp3) is 0.455. The number of hydrogen-bond acceptors (Lipinski definition) is 6. The number of aryl methyl sites for hydroxylation is 2. The van der Waals surface area contributed by atoms with E-state index < -0.39 is 0 Å². The molecule has 0 bridgehead atoms. The second-order valence-electron chi connectivity index (χ2n) is 4.18. The number of anilines is 3. The minimum Gasteiger partial charge on any atom is -0.362 e. The Morgan fingerprint density at radius 3 is 2.78 bits per heavy atom. The van der Waals surface area contributed by atoms with Gasteiger partial charge in [0.1, 0.15) is 5.82 Å². The lowest BCUT2D eigenvalue weighted by Crippen LogP contribution is -2.13. The van der Waals surface area contributed by atoms with Gasteiger partial charge >= 0.3 is 0 Å². The molecule has 0 spiro atoms. The molecule has 0 saturated heterocycles. The van der Waals surface area contributed by atoms with Gasteiger partial charge in [-0.05, 0) is 13.8 Å². The SMILES string of the molecule is CCn1cc(Nc2ncc(C)c(N(C)C)n2)nn1. The van der Waals surface area contributed by atoms with E-state index in [2.05, 4.69) is 25.6 Å². The summed E-state index contributed by atoms with van der Waals surface area (Å²) in [6.45, 7) is 4.77. The van der Waals surface area contributed by atoms with Crippen molar-refractivity contribution in [2.24, 2.45) is 0 Å². The zero-order chi connectivity index (χ0) is 13.1. The van der Waals surface area contributed by atoms with Crippen molar-refractivity contribution < 1.29 is 0 Å². The molecule has 0 aromatic carbocycles. The van der Waals surface area contributed by atoms with E-state index in [4.69, 9.17) is 0 Å².